The van der Waals surface area contributed by atoms with Gasteiger partial charge in [-0.2, -0.15) is 0 Å². The lowest BCUT2D eigenvalue weighted by Gasteiger charge is -2.26. The Hall–Kier alpha value is -1.09. The van der Waals surface area contributed by atoms with Crippen molar-refractivity contribution in [1.29, 1.82) is 0 Å². The third kappa shape index (κ3) is 2.78. The molecule has 1 fully saturated rings. The minimum absolute atomic E-state index is 0.0733. The van der Waals surface area contributed by atoms with Crippen LogP contribution in [0.5, 0.6) is 0 Å². The van der Waals surface area contributed by atoms with Crippen molar-refractivity contribution >= 4 is 17.5 Å². The Labute approximate surface area is 105 Å². The van der Waals surface area contributed by atoms with Crippen LogP contribution in [0.4, 0.5) is 4.39 Å². The summed E-state index contributed by atoms with van der Waals surface area (Å²) in [5, 5.41) is 3.27. The van der Waals surface area contributed by atoms with Crippen LogP contribution in [0.3, 0.4) is 0 Å². The lowest BCUT2D eigenvalue weighted by atomic mass is 9.84. The number of rotatable bonds is 3. The van der Waals surface area contributed by atoms with Crippen molar-refractivity contribution in [3.63, 3.8) is 0 Å². The van der Waals surface area contributed by atoms with Gasteiger partial charge in [0, 0.05) is 10.9 Å². The molecule has 1 aliphatic rings. The van der Waals surface area contributed by atoms with Gasteiger partial charge in [-0.05, 0) is 37.5 Å². The van der Waals surface area contributed by atoms with Gasteiger partial charge in [0.15, 0.2) is 0 Å². The van der Waals surface area contributed by atoms with Crippen LogP contribution in [0.15, 0.2) is 18.2 Å². The number of benzene rings is 1. The molecule has 1 saturated carbocycles. The fourth-order valence-electron chi connectivity index (χ4n) is 1.93. The second-order valence-corrected chi connectivity index (χ2v) is 4.93. The van der Waals surface area contributed by atoms with E-state index in [0.29, 0.717) is 5.02 Å². The fourth-order valence-corrected chi connectivity index (χ4v) is 2.26. The Bertz CT molecular complexity index is 431. The smallest absolute Gasteiger partial charge is 0.223 e. The zero-order valence-electron chi connectivity index (χ0n) is 9.67. The van der Waals surface area contributed by atoms with Gasteiger partial charge < -0.3 is 5.32 Å². The molecule has 0 aromatic heterocycles. The first kappa shape index (κ1) is 12.4. The molecule has 92 valence electrons. The molecular formula is C13H15ClFNO. The molecule has 1 aromatic rings. The van der Waals surface area contributed by atoms with Crippen LogP contribution in [0, 0.1) is 11.7 Å². The molecule has 0 heterocycles. The van der Waals surface area contributed by atoms with Crippen molar-refractivity contribution < 1.29 is 9.18 Å². The lowest BCUT2D eigenvalue weighted by molar-refractivity contribution is -0.128. The third-order valence-corrected chi connectivity index (χ3v) is 3.59. The van der Waals surface area contributed by atoms with Crippen LogP contribution in [-0.4, -0.2) is 5.91 Å². The van der Waals surface area contributed by atoms with Crippen LogP contribution in [-0.2, 0) is 4.79 Å². The molecule has 17 heavy (non-hydrogen) atoms. The normalized spacial score (nSPS) is 17.4. The summed E-state index contributed by atoms with van der Waals surface area (Å²) in [7, 11) is 0. The fraction of sp³-hybridized carbons (Fsp3) is 0.462. The van der Waals surface area contributed by atoms with Crippen molar-refractivity contribution in [2.75, 3.05) is 0 Å². The molecule has 1 unspecified atom stereocenters. The standard InChI is InChI=1S/C13H15ClFNO/c1-8(16-13(17)9-3-2-4-9)11-6-5-10(15)7-12(11)14/h5-9H,2-4H2,1H3,(H,16,17). The molecule has 0 radical (unpaired) electrons. The minimum Gasteiger partial charge on any atom is -0.349 e. The molecule has 1 amide bonds. The van der Waals surface area contributed by atoms with E-state index in [4.69, 9.17) is 11.6 Å². The molecule has 0 bridgehead atoms. The van der Waals surface area contributed by atoms with Crippen molar-refractivity contribution in [2.24, 2.45) is 5.92 Å². The van der Waals surface area contributed by atoms with Gasteiger partial charge in [-0.1, -0.05) is 24.1 Å². The van der Waals surface area contributed by atoms with Crippen LogP contribution < -0.4 is 5.32 Å². The quantitative estimate of drug-likeness (QED) is 0.881. The van der Waals surface area contributed by atoms with Gasteiger partial charge >= 0.3 is 0 Å². The molecule has 0 spiro atoms. The number of halogens is 2. The zero-order chi connectivity index (χ0) is 12.4. The van der Waals surface area contributed by atoms with Gasteiger partial charge in [0.05, 0.1) is 6.04 Å². The highest BCUT2D eigenvalue weighted by molar-refractivity contribution is 6.31. The largest absolute Gasteiger partial charge is 0.349 e. The second kappa shape index (κ2) is 5.05. The number of carbonyl (C=O) groups excluding carboxylic acids is 1. The Kier molecular flexibility index (Phi) is 3.67. The maximum Gasteiger partial charge on any atom is 0.223 e. The van der Waals surface area contributed by atoms with Crippen LogP contribution in [0.25, 0.3) is 0 Å². The molecule has 1 aromatic carbocycles. The summed E-state index contributed by atoms with van der Waals surface area (Å²) in [6.07, 6.45) is 3.06. The molecule has 1 aliphatic carbocycles. The summed E-state index contributed by atoms with van der Waals surface area (Å²) < 4.78 is 12.9. The van der Waals surface area contributed by atoms with E-state index in [1.807, 2.05) is 6.92 Å². The SMILES string of the molecule is CC(NC(=O)C1CCC1)c1ccc(F)cc1Cl. The predicted molar refractivity (Wildman–Crippen MR) is 65.3 cm³/mol. The lowest BCUT2D eigenvalue weighted by Crippen LogP contribution is -2.36. The Balaban J connectivity index is 2.03. The number of nitrogens with one attached hydrogen (secondary N) is 1. The van der Waals surface area contributed by atoms with Crippen LogP contribution in [0.2, 0.25) is 5.02 Å². The first-order valence-electron chi connectivity index (χ1n) is 5.83. The van der Waals surface area contributed by atoms with Gasteiger partial charge in [0.2, 0.25) is 5.91 Å². The second-order valence-electron chi connectivity index (χ2n) is 4.52. The van der Waals surface area contributed by atoms with Crippen LogP contribution in [0.1, 0.15) is 37.8 Å². The van der Waals surface area contributed by atoms with Gasteiger partial charge in [-0.3, -0.25) is 4.79 Å². The van der Waals surface area contributed by atoms with Gasteiger partial charge in [0.1, 0.15) is 5.82 Å². The number of carbonyl (C=O) groups is 1. The minimum atomic E-state index is -0.365. The van der Waals surface area contributed by atoms with Crippen molar-refractivity contribution in [3.8, 4) is 0 Å². The van der Waals surface area contributed by atoms with E-state index in [9.17, 15) is 9.18 Å². The molecule has 0 saturated heterocycles. The summed E-state index contributed by atoms with van der Waals surface area (Å²) in [6.45, 7) is 1.86. The predicted octanol–water partition coefficient (Wildman–Crippen LogP) is 3.46. The summed E-state index contributed by atoms with van der Waals surface area (Å²) >= 11 is 5.94. The Morgan fingerprint density at radius 2 is 2.24 bits per heavy atom. The summed E-state index contributed by atoms with van der Waals surface area (Å²) in [5.74, 6) is -0.142. The molecule has 1 atom stereocenters. The van der Waals surface area contributed by atoms with E-state index in [1.165, 1.54) is 12.1 Å². The highest BCUT2D eigenvalue weighted by Gasteiger charge is 2.26. The van der Waals surface area contributed by atoms with Crippen LogP contribution >= 0.6 is 11.6 Å². The van der Waals surface area contributed by atoms with Gasteiger partial charge in [-0.25, -0.2) is 4.39 Å². The van der Waals surface area contributed by atoms with E-state index < -0.39 is 0 Å². The maximum absolute atomic E-state index is 12.9. The average molecular weight is 256 g/mol. The molecule has 0 aliphatic heterocycles. The van der Waals surface area contributed by atoms with Gasteiger partial charge in [0.25, 0.3) is 0 Å². The number of hydrogen-bond donors (Lipinski definition) is 1. The third-order valence-electron chi connectivity index (χ3n) is 3.26. The van der Waals surface area contributed by atoms with Gasteiger partial charge in [-0.15, -0.1) is 0 Å². The number of amides is 1. The Morgan fingerprint density at radius 1 is 1.53 bits per heavy atom. The van der Waals surface area contributed by atoms with E-state index >= 15 is 0 Å². The molecule has 2 rings (SSSR count). The van der Waals surface area contributed by atoms with Crippen molar-refractivity contribution in [1.82, 2.24) is 5.32 Å². The van der Waals surface area contributed by atoms with E-state index in [2.05, 4.69) is 5.32 Å². The Morgan fingerprint density at radius 3 is 2.76 bits per heavy atom. The van der Waals surface area contributed by atoms with E-state index in [1.54, 1.807) is 6.07 Å². The molecule has 2 nitrogen and oxygen atoms in total. The highest BCUT2D eigenvalue weighted by atomic mass is 35.5. The first-order valence-corrected chi connectivity index (χ1v) is 6.21. The molecule has 1 N–H and O–H groups in total. The summed E-state index contributed by atoms with van der Waals surface area (Å²) in [5.41, 5.74) is 0.751. The summed E-state index contributed by atoms with van der Waals surface area (Å²) in [6, 6.07) is 4.05. The van der Waals surface area contributed by atoms with Crippen molar-refractivity contribution in [2.45, 2.75) is 32.2 Å². The van der Waals surface area contributed by atoms with E-state index in [-0.39, 0.29) is 23.7 Å². The average Bonchev–Trinajstić information content (AvgIpc) is 2.13. The monoisotopic (exact) mass is 255 g/mol. The molecular weight excluding hydrogens is 241 g/mol. The highest BCUT2D eigenvalue weighted by Crippen LogP contribution is 2.28. The summed E-state index contributed by atoms with van der Waals surface area (Å²) in [4.78, 5) is 11.8. The number of hydrogen-bond acceptors (Lipinski definition) is 1. The van der Waals surface area contributed by atoms with Crippen molar-refractivity contribution in [3.05, 3.63) is 34.6 Å². The molecule has 4 heteroatoms. The van der Waals surface area contributed by atoms with E-state index in [0.717, 1.165) is 24.8 Å². The zero-order valence-corrected chi connectivity index (χ0v) is 10.4. The maximum atomic E-state index is 12.9. The first-order chi connectivity index (χ1) is 8.08. The topological polar surface area (TPSA) is 29.1 Å².